The third kappa shape index (κ3) is 3.42. The molecule has 0 fully saturated rings. The molecular weight excluding hydrogens is 359 g/mol. The van der Waals surface area contributed by atoms with E-state index in [9.17, 15) is 14.0 Å². The molecule has 0 unspecified atom stereocenters. The maximum absolute atomic E-state index is 13.0. The summed E-state index contributed by atoms with van der Waals surface area (Å²) in [6.07, 6.45) is 1.70. The fraction of sp³-hybridized carbons (Fsp3) is 0.0435. The lowest BCUT2D eigenvalue weighted by atomic mass is 10.1. The molecule has 1 aliphatic heterocycles. The molecule has 138 valence electrons. The van der Waals surface area contributed by atoms with E-state index in [1.54, 1.807) is 12.1 Å². The highest BCUT2D eigenvalue weighted by Crippen LogP contribution is 2.35. The van der Waals surface area contributed by atoms with E-state index in [4.69, 9.17) is 9.47 Å². The molecule has 0 atom stereocenters. The van der Waals surface area contributed by atoms with Gasteiger partial charge in [0, 0.05) is 6.07 Å². The van der Waals surface area contributed by atoms with Gasteiger partial charge in [-0.2, -0.15) is 0 Å². The minimum Gasteiger partial charge on any atom is -0.452 e. The molecule has 4 nitrogen and oxygen atoms in total. The van der Waals surface area contributed by atoms with Crippen molar-refractivity contribution in [2.75, 3.05) is 0 Å². The number of hydrogen-bond donors (Lipinski definition) is 0. The largest absolute Gasteiger partial charge is 0.452 e. The topological polar surface area (TPSA) is 52.6 Å². The van der Waals surface area contributed by atoms with Crippen LogP contribution in [0.1, 0.15) is 31.8 Å². The third-order valence-corrected chi connectivity index (χ3v) is 4.41. The number of ketones is 1. The summed E-state index contributed by atoms with van der Waals surface area (Å²) in [6, 6.07) is 17.3. The molecule has 0 aliphatic carbocycles. The highest BCUT2D eigenvalue weighted by atomic mass is 19.1. The lowest BCUT2D eigenvalue weighted by Crippen LogP contribution is -2.08. The molecule has 3 aromatic carbocycles. The van der Waals surface area contributed by atoms with Crippen molar-refractivity contribution in [2.45, 2.75) is 6.92 Å². The van der Waals surface area contributed by atoms with Crippen molar-refractivity contribution in [2.24, 2.45) is 0 Å². The highest BCUT2D eigenvalue weighted by molar-refractivity contribution is 6.14. The number of fused-ring (bicyclic) bond motifs is 1. The van der Waals surface area contributed by atoms with E-state index in [-0.39, 0.29) is 22.9 Å². The standard InChI is InChI=1S/C23H15FO4/c1-14-4-2-3-5-16(14)12-21-22(25)19-11-10-18(13-20(19)28-21)27-23(26)15-6-8-17(24)9-7-15/h2-13H,1H3. The molecule has 0 aromatic heterocycles. The van der Waals surface area contributed by atoms with Gasteiger partial charge in [-0.3, -0.25) is 4.79 Å². The van der Waals surface area contributed by atoms with E-state index in [1.165, 1.54) is 36.4 Å². The summed E-state index contributed by atoms with van der Waals surface area (Å²) in [5, 5.41) is 0. The van der Waals surface area contributed by atoms with Crippen LogP contribution in [-0.2, 0) is 0 Å². The van der Waals surface area contributed by atoms with Crippen LogP contribution in [0.5, 0.6) is 11.5 Å². The summed E-state index contributed by atoms with van der Waals surface area (Å²) < 4.78 is 24.0. The quantitative estimate of drug-likeness (QED) is 0.369. The molecule has 0 saturated heterocycles. The van der Waals surface area contributed by atoms with Gasteiger partial charge < -0.3 is 9.47 Å². The number of carbonyl (C=O) groups is 2. The van der Waals surface area contributed by atoms with Crippen LogP contribution in [0.15, 0.2) is 72.5 Å². The molecule has 0 saturated carbocycles. The average molecular weight is 374 g/mol. The lowest BCUT2D eigenvalue weighted by molar-refractivity contribution is 0.0734. The van der Waals surface area contributed by atoms with Crippen molar-refractivity contribution in [3.05, 3.63) is 101 Å². The SMILES string of the molecule is Cc1ccccc1C=C1Oc2cc(OC(=O)c3ccc(F)cc3)ccc2C1=O. The van der Waals surface area contributed by atoms with Crippen molar-refractivity contribution in [1.29, 1.82) is 0 Å². The van der Waals surface area contributed by atoms with Crippen molar-refractivity contribution in [3.8, 4) is 11.5 Å². The molecule has 0 bridgehead atoms. The van der Waals surface area contributed by atoms with Gasteiger partial charge in [0.05, 0.1) is 11.1 Å². The fourth-order valence-corrected chi connectivity index (χ4v) is 2.87. The van der Waals surface area contributed by atoms with Gasteiger partial charge in [-0.05, 0) is 60.5 Å². The van der Waals surface area contributed by atoms with Crippen LogP contribution < -0.4 is 9.47 Å². The van der Waals surface area contributed by atoms with Gasteiger partial charge in [-0.1, -0.05) is 24.3 Å². The molecule has 3 aromatic rings. The third-order valence-electron chi connectivity index (χ3n) is 4.41. The number of esters is 1. The number of Topliss-reactive ketones (excluding diaryl/α,β-unsaturated/α-hetero) is 1. The predicted octanol–water partition coefficient (Wildman–Crippen LogP) is 4.97. The van der Waals surface area contributed by atoms with Crippen LogP contribution in [-0.4, -0.2) is 11.8 Å². The number of rotatable bonds is 3. The van der Waals surface area contributed by atoms with E-state index in [0.717, 1.165) is 11.1 Å². The Labute approximate surface area is 160 Å². The fourth-order valence-electron chi connectivity index (χ4n) is 2.87. The van der Waals surface area contributed by atoms with E-state index >= 15 is 0 Å². The zero-order chi connectivity index (χ0) is 19.7. The summed E-state index contributed by atoms with van der Waals surface area (Å²) in [4.78, 5) is 24.7. The van der Waals surface area contributed by atoms with E-state index < -0.39 is 11.8 Å². The van der Waals surface area contributed by atoms with Crippen LogP contribution in [0.2, 0.25) is 0 Å². The van der Waals surface area contributed by atoms with Crippen LogP contribution in [0.3, 0.4) is 0 Å². The van der Waals surface area contributed by atoms with Crippen LogP contribution in [0.25, 0.3) is 6.08 Å². The van der Waals surface area contributed by atoms with Crippen LogP contribution >= 0.6 is 0 Å². The Morgan fingerprint density at radius 1 is 1.04 bits per heavy atom. The molecular formula is C23H15FO4. The van der Waals surface area contributed by atoms with Gasteiger partial charge in [0.2, 0.25) is 5.78 Å². The molecule has 0 N–H and O–H groups in total. The Hall–Kier alpha value is -3.73. The number of hydrogen-bond acceptors (Lipinski definition) is 4. The Kier molecular flexibility index (Phi) is 4.49. The van der Waals surface area contributed by atoms with Gasteiger partial charge in [-0.25, -0.2) is 9.18 Å². The summed E-state index contributed by atoms with van der Waals surface area (Å²) in [5.74, 6) is -0.512. The van der Waals surface area contributed by atoms with Crippen molar-refractivity contribution < 1.29 is 23.5 Å². The van der Waals surface area contributed by atoms with Gasteiger partial charge in [0.25, 0.3) is 0 Å². The monoisotopic (exact) mass is 374 g/mol. The summed E-state index contributed by atoms with van der Waals surface area (Å²) in [7, 11) is 0. The highest BCUT2D eigenvalue weighted by Gasteiger charge is 2.28. The van der Waals surface area contributed by atoms with Gasteiger partial charge in [0.1, 0.15) is 17.3 Å². The first-order chi connectivity index (χ1) is 13.5. The normalized spacial score (nSPS) is 13.9. The molecule has 28 heavy (non-hydrogen) atoms. The first-order valence-electron chi connectivity index (χ1n) is 8.63. The summed E-state index contributed by atoms with van der Waals surface area (Å²) in [6.45, 7) is 1.95. The second kappa shape index (κ2) is 7.12. The lowest BCUT2D eigenvalue weighted by Gasteiger charge is -2.05. The smallest absolute Gasteiger partial charge is 0.343 e. The van der Waals surface area contributed by atoms with E-state index in [1.807, 2.05) is 31.2 Å². The van der Waals surface area contributed by atoms with Crippen molar-refractivity contribution >= 4 is 17.8 Å². The minimum atomic E-state index is -0.625. The Morgan fingerprint density at radius 2 is 1.79 bits per heavy atom. The molecule has 0 amide bonds. The minimum absolute atomic E-state index is 0.214. The Balaban J connectivity index is 1.56. The van der Waals surface area contributed by atoms with Crippen LogP contribution in [0, 0.1) is 12.7 Å². The van der Waals surface area contributed by atoms with Crippen molar-refractivity contribution in [3.63, 3.8) is 0 Å². The molecule has 5 heteroatoms. The molecule has 1 heterocycles. The number of halogens is 1. The van der Waals surface area contributed by atoms with Gasteiger partial charge >= 0.3 is 5.97 Å². The number of aryl methyl sites for hydroxylation is 1. The number of ether oxygens (including phenoxy) is 2. The first kappa shape index (κ1) is 17.7. The maximum atomic E-state index is 13.0. The maximum Gasteiger partial charge on any atom is 0.343 e. The molecule has 0 spiro atoms. The summed E-state index contributed by atoms with van der Waals surface area (Å²) in [5.41, 5.74) is 2.54. The van der Waals surface area contributed by atoms with Gasteiger partial charge in [-0.15, -0.1) is 0 Å². The second-order valence-corrected chi connectivity index (χ2v) is 6.35. The van der Waals surface area contributed by atoms with Gasteiger partial charge in [0.15, 0.2) is 5.76 Å². The zero-order valence-electron chi connectivity index (χ0n) is 14.9. The molecule has 1 aliphatic rings. The molecule has 4 rings (SSSR count). The van der Waals surface area contributed by atoms with Crippen LogP contribution in [0.4, 0.5) is 4.39 Å². The number of carbonyl (C=O) groups excluding carboxylic acids is 2. The van der Waals surface area contributed by atoms with E-state index in [2.05, 4.69) is 0 Å². The predicted molar refractivity (Wildman–Crippen MR) is 102 cm³/mol. The Morgan fingerprint density at radius 3 is 2.54 bits per heavy atom. The summed E-state index contributed by atoms with van der Waals surface area (Å²) >= 11 is 0. The molecule has 0 radical (unpaired) electrons. The first-order valence-corrected chi connectivity index (χ1v) is 8.63. The van der Waals surface area contributed by atoms with E-state index in [0.29, 0.717) is 11.3 Å². The Bertz CT molecular complexity index is 1110. The van der Waals surface area contributed by atoms with Crippen molar-refractivity contribution in [1.82, 2.24) is 0 Å². The average Bonchev–Trinajstić information content (AvgIpc) is 2.99. The second-order valence-electron chi connectivity index (χ2n) is 6.35. The number of allylic oxidation sites excluding steroid dienone is 1. The zero-order valence-corrected chi connectivity index (χ0v) is 14.9. The number of benzene rings is 3.